The van der Waals surface area contributed by atoms with Gasteiger partial charge in [0.15, 0.2) is 0 Å². The van der Waals surface area contributed by atoms with Crippen molar-refractivity contribution >= 4 is 23.2 Å². The summed E-state index contributed by atoms with van der Waals surface area (Å²) in [7, 11) is 0. The highest BCUT2D eigenvalue weighted by Gasteiger charge is 2.67. The predicted molar refractivity (Wildman–Crippen MR) is 257 cm³/mol. The first-order valence-electron chi connectivity index (χ1n) is 23.8. The largest absolute Gasteiger partial charge is 0.494 e. The highest BCUT2D eigenvalue weighted by molar-refractivity contribution is 6.31. The lowest BCUT2D eigenvalue weighted by Gasteiger charge is -2.46. The maximum Gasteiger partial charge on any atom is 0.225 e. The molecule has 4 aromatic rings. The van der Waals surface area contributed by atoms with Gasteiger partial charge >= 0.3 is 0 Å². The van der Waals surface area contributed by atoms with Gasteiger partial charge in [-0.05, 0) is 102 Å². The van der Waals surface area contributed by atoms with Gasteiger partial charge in [0.25, 0.3) is 0 Å². The van der Waals surface area contributed by atoms with Gasteiger partial charge in [-0.15, -0.1) is 0 Å². The molecule has 1 spiro atoms. The van der Waals surface area contributed by atoms with Crippen molar-refractivity contribution in [2.24, 2.45) is 11.8 Å². The number of fused-ring (bicyclic) bond motifs is 4. The quantitative estimate of drug-likeness (QED) is 0.102. The van der Waals surface area contributed by atoms with Crippen LogP contribution in [0.2, 0.25) is 10.0 Å². The van der Waals surface area contributed by atoms with Gasteiger partial charge in [-0.25, -0.2) is 0 Å². The van der Waals surface area contributed by atoms with E-state index in [1.807, 2.05) is 31.2 Å². The molecule has 4 aliphatic heterocycles. The Morgan fingerprint density at radius 1 is 0.634 bits per heavy atom. The number of halogens is 2. The molecule has 2 bridgehead atoms. The topological polar surface area (TPSA) is 289 Å². The predicted octanol–water partition coefficient (Wildman–Crippen LogP) is 1.72. The van der Waals surface area contributed by atoms with Crippen molar-refractivity contribution in [2.45, 2.75) is 131 Å². The number of aryl methyl sites for hydroxylation is 1. The number of aliphatic hydroxyl groups excluding tert-OH is 12. The zero-order valence-electron chi connectivity index (χ0n) is 39.7. The first-order chi connectivity index (χ1) is 33.8. The molecule has 17 nitrogen and oxygen atoms in total. The SMILES string of the molecule is CC1CC(CO)C(O)C(O)C1O.CCOc1ccc(Cc2cc([C@]34OC[C@](CO)(O3)[C@@H](O)[C@H](O)[C@H]4O)ccc2Cl)cc1.CCc1ccc(Cc2c(Cl)ccc3c2COC32OC(CO)C(O)C(O)C2O)cc1. The van der Waals surface area contributed by atoms with Gasteiger partial charge in [-0.3, -0.25) is 0 Å². The molecule has 4 heterocycles. The van der Waals surface area contributed by atoms with Crippen molar-refractivity contribution in [3.8, 4) is 5.75 Å². The Bertz CT molecular complexity index is 2390. The van der Waals surface area contributed by atoms with Crippen LogP contribution in [0.15, 0.2) is 78.9 Å². The summed E-state index contributed by atoms with van der Waals surface area (Å²) < 4.78 is 28.8. The van der Waals surface area contributed by atoms with E-state index in [-0.39, 0.29) is 31.7 Å². The smallest absolute Gasteiger partial charge is 0.225 e. The number of benzene rings is 4. The molecule has 12 N–H and O–H groups in total. The zero-order chi connectivity index (χ0) is 51.6. The average Bonchev–Trinajstić information content (AvgIpc) is 3.96. The van der Waals surface area contributed by atoms with Gasteiger partial charge in [-0.2, -0.15) is 0 Å². The van der Waals surface area contributed by atoms with E-state index in [4.69, 9.17) is 52.0 Å². The Labute approximate surface area is 422 Å². The third-order valence-corrected chi connectivity index (χ3v) is 15.1. The van der Waals surface area contributed by atoms with Crippen LogP contribution in [-0.4, -0.2) is 161 Å². The van der Waals surface area contributed by atoms with Crippen molar-refractivity contribution in [3.05, 3.63) is 133 Å². The van der Waals surface area contributed by atoms with E-state index >= 15 is 0 Å². The van der Waals surface area contributed by atoms with Gasteiger partial charge in [0.2, 0.25) is 11.6 Å². The molecule has 4 aromatic carbocycles. The second kappa shape index (κ2) is 23.0. The van der Waals surface area contributed by atoms with E-state index in [9.17, 15) is 56.2 Å². The summed E-state index contributed by atoms with van der Waals surface area (Å²) in [4.78, 5) is 0. The van der Waals surface area contributed by atoms with Crippen LogP contribution in [0, 0.1) is 11.8 Å². The second-order valence-corrected chi connectivity index (χ2v) is 19.8. The summed E-state index contributed by atoms with van der Waals surface area (Å²) in [6.07, 6.45) is -10.5. The molecule has 4 fully saturated rings. The monoisotopic (exact) mass is 1030 g/mol. The molecular formula is C52H66Cl2O17. The Kier molecular flexibility index (Phi) is 18.0. The molecule has 10 unspecified atom stereocenters. The van der Waals surface area contributed by atoms with Crippen LogP contribution < -0.4 is 4.74 Å². The van der Waals surface area contributed by atoms with Crippen molar-refractivity contribution in [3.63, 3.8) is 0 Å². The van der Waals surface area contributed by atoms with Crippen LogP contribution in [0.5, 0.6) is 5.75 Å². The molecule has 3 saturated heterocycles. The lowest BCUT2D eigenvalue weighted by Crippen LogP contribution is -2.65. The molecule has 15 atom stereocenters. The number of rotatable bonds is 11. The third kappa shape index (κ3) is 10.8. The number of hydrogen-bond donors (Lipinski definition) is 12. The van der Waals surface area contributed by atoms with Crippen molar-refractivity contribution in [1.29, 1.82) is 0 Å². The first-order valence-corrected chi connectivity index (χ1v) is 24.6. The zero-order valence-corrected chi connectivity index (χ0v) is 41.2. The normalized spacial score (nSPS) is 35.0. The molecular weight excluding hydrogens is 967 g/mol. The van der Waals surface area contributed by atoms with E-state index in [0.29, 0.717) is 47.0 Å². The van der Waals surface area contributed by atoms with Gasteiger partial charge in [0.1, 0.15) is 60.2 Å². The molecule has 0 amide bonds. The molecule has 0 radical (unpaired) electrons. The van der Waals surface area contributed by atoms with Crippen LogP contribution in [0.4, 0.5) is 0 Å². The van der Waals surface area contributed by atoms with E-state index in [1.165, 1.54) is 5.56 Å². The fraction of sp³-hybridized carbons (Fsp3) is 0.538. The minimum Gasteiger partial charge on any atom is -0.494 e. The molecule has 390 valence electrons. The highest BCUT2D eigenvalue weighted by atomic mass is 35.5. The van der Waals surface area contributed by atoms with Crippen molar-refractivity contribution in [2.75, 3.05) is 33.0 Å². The molecule has 5 aliphatic rings. The lowest BCUT2D eigenvalue weighted by atomic mass is 9.77. The summed E-state index contributed by atoms with van der Waals surface area (Å²) in [6.45, 7) is 5.15. The summed E-state index contributed by atoms with van der Waals surface area (Å²) in [5.41, 5.74) is 5.27. The summed E-state index contributed by atoms with van der Waals surface area (Å²) >= 11 is 12.9. The summed E-state index contributed by atoms with van der Waals surface area (Å²) in [5, 5.41) is 120. The minimum atomic E-state index is -1.71. The Morgan fingerprint density at radius 3 is 1.90 bits per heavy atom. The molecule has 9 rings (SSSR count). The van der Waals surface area contributed by atoms with Crippen LogP contribution in [0.25, 0.3) is 0 Å². The maximum atomic E-state index is 10.7. The third-order valence-electron chi connectivity index (χ3n) is 14.4. The average molecular weight is 1030 g/mol. The maximum absolute atomic E-state index is 10.7. The molecule has 1 aliphatic carbocycles. The highest BCUT2D eigenvalue weighted by Crippen LogP contribution is 2.51. The standard InChI is InChI=1S/C22H25ClO7.C22H25ClO6.C8H16O4/c1-2-28-16-6-3-13(4-7-16)9-14-10-15(5-8-17(14)23)22-20(27)18(25)19(26)21(11-24,30-22)12-29-22;1-2-12-3-5-13(6-4-12)9-14-15-11-28-22(16(15)7-8-17(14)23)21(27)20(26)19(25)18(10-24)29-22;1-4-2-5(3-9)7(11)8(12)6(4)10/h3-8,10,18-20,24-27H,2,9,11-12H2,1H3;3-8,18-21,24-27H,2,9-11H2,1H3;4-12H,2-3H2,1H3/t18-,19-,20+,21-,22-;;/m0../s1. The Balaban J connectivity index is 0.000000170. The molecule has 19 heteroatoms. The Hall–Kier alpha value is -3.38. The molecule has 71 heavy (non-hydrogen) atoms. The lowest BCUT2D eigenvalue weighted by molar-refractivity contribution is -0.368. The number of hydrogen-bond acceptors (Lipinski definition) is 17. The number of ether oxygens (including phenoxy) is 5. The number of aliphatic hydroxyl groups is 12. The fourth-order valence-electron chi connectivity index (χ4n) is 10.0. The van der Waals surface area contributed by atoms with E-state index < -0.39 is 91.4 Å². The van der Waals surface area contributed by atoms with Gasteiger partial charge < -0.3 is 85.0 Å². The second-order valence-electron chi connectivity index (χ2n) is 19.0. The Morgan fingerprint density at radius 2 is 1.27 bits per heavy atom. The van der Waals surface area contributed by atoms with Gasteiger partial charge in [0.05, 0.1) is 45.2 Å². The van der Waals surface area contributed by atoms with E-state index in [0.717, 1.165) is 40.0 Å². The molecule has 1 saturated carbocycles. The van der Waals surface area contributed by atoms with Crippen molar-refractivity contribution in [1.82, 2.24) is 0 Å². The van der Waals surface area contributed by atoms with E-state index in [2.05, 4.69) is 31.2 Å². The van der Waals surface area contributed by atoms with Crippen LogP contribution in [0.3, 0.4) is 0 Å². The molecule has 0 aromatic heterocycles. The van der Waals surface area contributed by atoms with Crippen LogP contribution >= 0.6 is 23.2 Å². The summed E-state index contributed by atoms with van der Waals surface area (Å²) in [5.74, 6) is -2.96. The van der Waals surface area contributed by atoms with Crippen LogP contribution in [0.1, 0.15) is 71.7 Å². The minimum absolute atomic E-state index is 0.0689. The van der Waals surface area contributed by atoms with E-state index in [1.54, 1.807) is 37.3 Å². The first kappa shape index (κ1) is 55.4. The van der Waals surface area contributed by atoms with Gasteiger partial charge in [0, 0.05) is 33.7 Å². The van der Waals surface area contributed by atoms with Crippen LogP contribution in [-0.2, 0) is 56.4 Å². The fourth-order valence-corrected chi connectivity index (χ4v) is 10.5. The van der Waals surface area contributed by atoms with Gasteiger partial charge in [-0.1, -0.05) is 85.6 Å². The van der Waals surface area contributed by atoms with Crippen molar-refractivity contribution < 1.29 is 85.0 Å². The summed E-state index contributed by atoms with van der Waals surface area (Å²) in [6, 6.07) is 24.4.